The number of benzene rings is 1. The maximum absolute atomic E-state index is 13.7. The van der Waals surface area contributed by atoms with Crippen molar-refractivity contribution in [1.82, 2.24) is 0 Å². The van der Waals surface area contributed by atoms with Crippen LogP contribution in [0.1, 0.15) is 25.3 Å². The van der Waals surface area contributed by atoms with Crippen LogP contribution in [0.5, 0.6) is 0 Å². The van der Waals surface area contributed by atoms with Crippen molar-refractivity contribution in [2.75, 3.05) is 0 Å². The van der Waals surface area contributed by atoms with Crippen molar-refractivity contribution in [3.05, 3.63) is 34.1 Å². The first-order valence-electron chi connectivity index (χ1n) is 4.62. The summed E-state index contributed by atoms with van der Waals surface area (Å²) in [6, 6.07) is 4.71. The van der Waals surface area contributed by atoms with Gasteiger partial charge in [-0.3, -0.25) is 4.79 Å². The predicted molar refractivity (Wildman–Crippen MR) is 59.3 cm³/mol. The first kappa shape index (κ1) is 12.2. The Morgan fingerprint density at radius 1 is 1.47 bits per heavy atom. The number of carbonyl (C=O) groups is 1. The second-order valence-corrected chi connectivity index (χ2v) is 4.56. The molecule has 0 spiro atoms. The number of hydrogen-bond donors (Lipinski definition) is 1. The zero-order valence-electron chi connectivity index (χ0n) is 8.50. The number of rotatable bonds is 3. The van der Waals surface area contributed by atoms with E-state index in [-0.39, 0.29) is 11.5 Å². The predicted octanol–water partition coefficient (Wildman–Crippen LogP) is 3.41. The van der Waals surface area contributed by atoms with Crippen LogP contribution >= 0.6 is 15.9 Å². The highest BCUT2D eigenvalue weighted by atomic mass is 79.9. The van der Waals surface area contributed by atoms with Crippen molar-refractivity contribution in [3.8, 4) is 0 Å². The lowest BCUT2D eigenvalue weighted by Gasteiger charge is -2.17. The molecule has 0 saturated heterocycles. The molecule has 15 heavy (non-hydrogen) atoms. The standard InChI is InChI=1S/C11H12BrFO2/c1-6(2)9(11(14)15)7-4-3-5-8(12)10(7)13/h3-6,9H,1-2H3,(H,14,15). The summed E-state index contributed by atoms with van der Waals surface area (Å²) in [7, 11) is 0. The summed E-state index contributed by atoms with van der Waals surface area (Å²) in [5.74, 6) is -2.44. The van der Waals surface area contributed by atoms with Crippen LogP contribution < -0.4 is 0 Å². The first-order chi connectivity index (χ1) is 6.95. The van der Waals surface area contributed by atoms with Crippen LogP contribution in [0.25, 0.3) is 0 Å². The molecule has 1 aromatic rings. The van der Waals surface area contributed by atoms with E-state index in [1.54, 1.807) is 26.0 Å². The molecule has 0 radical (unpaired) electrons. The third kappa shape index (κ3) is 2.56. The van der Waals surface area contributed by atoms with E-state index in [1.807, 2.05) is 0 Å². The molecule has 1 N–H and O–H groups in total. The highest BCUT2D eigenvalue weighted by Crippen LogP contribution is 2.30. The molecule has 2 nitrogen and oxygen atoms in total. The molecule has 0 bridgehead atoms. The van der Waals surface area contributed by atoms with Gasteiger partial charge in [0.2, 0.25) is 0 Å². The van der Waals surface area contributed by atoms with E-state index in [2.05, 4.69) is 15.9 Å². The Labute approximate surface area is 96.2 Å². The van der Waals surface area contributed by atoms with Gasteiger partial charge < -0.3 is 5.11 Å². The molecule has 0 heterocycles. The molecule has 1 unspecified atom stereocenters. The normalized spacial score (nSPS) is 12.9. The van der Waals surface area contributed by atoms with Crippen LogP contribution in [0.2, 0.25) is 0 Å². The maximum atomic E-state index is 13.7. The Morgan fingerprint density at radius 3 is 2.53 bits per heavy atom. The topological polar surface area (TPSA) is 37.3 Å². The lowest BCUT2D eigenvalue weighted by molar-refractivity contribution is -0.139. The molecule has 0 amide bonds. The van der Waals surface area contributed by atoms with E-state index in [9.17, 15) is 9.18 Å². The summed E-state index contributed by atoms with van der Waals surface area (Å²) in [4.78, 5) is 11.0. The second kappa shape index (κ2) is 4.75. The zero-order valence-corrected chi connectivity index (χ0v) is 10.1. The van der Waals surface area contributed by atoms with Crippen molar-refractivity contribution in [3.63, 3.8) is 0 Å². The van der Waals surface area contributed by atoms with E-state index < -0.39 is 17.7 Å². The van der Waals surface area contributed by atoms with Crippen LogP contribution in [0.3, 0.4) is 0 Å². The van der Waals surface area contributed by atoms with Gasteiger partial charge >= 0.3 is 5.97 Å². The van der Waals surface area contributed by atoms with Crippen LogP contribution in [-0.2, 0) is 4.79 Å². The van der Waals surface area contributed by atoms with Gasteiger partial charge in [0, 0.05) is 5.56 Å². The molecule has 0 aromatic heterocycles. The minimum absolute atomic E-state index is 0.147. The minimum atomic E-state index is -0.998. The second-order valence-electron chi connectivity index (χ2n) is 3.70. The van der Waals surface area contributed by atoms with Crippen LogP contribution in [0, 0.1) is 11.7 Å². The lowest BCUT2D eigenvalue weighted by atomic mass is 9.88. The molecule has 82 valence electrons. The highest BCUT2D eigenvalue weighted by Gasteiger charge is 2.26. The molecule has 1 atom stereocenters. The molecular formula is C11H12BrFO2. The average Bonchev–Trinajstić information content (AvgIpc) is 2.11. The van der Waals surface area contributed by atoms with Crippen molar-refractivity contribution in [2.24, 2.45) is 5.92 Å². The summed E-state index contributed by atoms with van der Waals surface area (Å²) in [6.07, 6.45) is 0. The Hall–Kier alpha value is -0.900. The Balaban J connectivity index is 3.23. The van der Waals surface area contributed by atoms with Gasteiger partial charge in [-0.2, -0.15) is 0 Å². The summed E-state index contributed by atoms with van der Waals surface area (Å²) in [5, 5.41) is 9.03. The van der Waals surface area contributed by atoms with Gasteiger partial charge in [-0.05, 0) is 27.9 Å². The number of aliphatic carboxylic acids is 1. The lowest BCUT2D eigenvalue weighted by Crippen LogP contribution is -2.18. The van der Waals surface area contributed by atoms with Crippen molar-refractivity contribution >= 4 is 21.9 Å². The van der Waals surface area contributed by atoms with E-state index in [4.69, 9.17) is 5.11 Å². The highest BCUT2D eigenvalue weighted by molar-refractivity contribution is 9.10. The molecule has 1 rings (SSSR count). The number of carboxylic acid groups (broad SMARTS) is 1. The van der Waals surface area contributed by atoms with Gasteiger partial charge in [0.15, 0.2) is 0 Å². The minimum Gasteiger partial charge on any atom is -0.481 e. The average molecular weight is 275 g/mol. The fourth-order valence-corrected chi connectivity index (χ4v) is 1.92. The van der Waals surface area contributed by atoms with E-state index in [0.717, 1.165) is 0 Å². The van der Waals surface area contributed by atoms with E-state index >= 15 is 0 Å². The SMILES string of the molecule is CC(C)C(C(=O)O)c1cccc(Br)c1F. The number of halogens is 2. The summed E-state index contributed by atoms with van der Waals surface area (Å²) in [5.41, 5.74) is 0.229. The summed E-state index contributed by atoms with van der Waals surface area (Å²) >= 11 is 3.04. The molecular weight excluding hydrogens is 263 g/mol. The molecule has 0 saturated carbocycles. The third-order valence-electron chi connectivity index (χ3n) is 2.25. The van der Waals surface area contributed by atoms with E-state index in [0.29, 0.717) is 4.47 Å². The Kier molecular flexibility index (Phi) is 3.85. The molecule has 0 fully saturated rings. The summed E-state index contributed by atoms with van der Waals surface area (Å²) in [6.45, 7) is 3.53. The van der Waals surface area contributed by atoms with Crippen LogP contribution in [0.15, 0.2) is 22.7 Å². The Bertz CT molecular complexity index is 377. The Morgan fingerprint density at radius 2 is 2.07 bits per heavy atom. The van der Waals surface area contributed by atoms with Crippen molar-refractivity contribution < 1.29 is 14.3 Å². The van der Waals surface area contributed by atoms with Gasteiger partial charge in [-0.25, -0.2) is 4.39 Å². The molecule has 0 aliphatic carbocycles. The molecule has 0 aliphatic heterocycles. The van der Waals surface area contributed by atoms with E-state index in [1.165, 1.54) is 6.07 Å². The van der Waals surface area contributed by atoms with Gasteiger partial charge in [0.1, 0.15) is 5.82 Å². The van der Waals surface area contributed by atoms with Crippen molar-refractivity contribution in [2.45, 2.75) is 19.8 Å². The fraction of sp³-hybridized carbons (Fsp3) is 0.364. The van der Waals surface area contributed by atoms with Crippen LogP contribution in [0.4, 0.5) is 4.39 Å². The number of carboxylic acids is 1. The largest absolute Gasteiger partial charge is 0.481 e. The zero-order chi connectivity index (χ0) is 11.6. The van der Waals surface area contributed by atoms with Crippen molar-refractivity contribution in [1.29, 1.82) is 0 Å². The summed E-state index contributed by atoms with van der Waals surface area (Å²) < 4.78 is 14.0. The molecule has 4 heteroatoms. The smallest absolute Gasteiger partial charge is 0.311 e. The quantitative estimate of drug-likeness (QED) is 0.917. The molecule has 1 aromatic carbocycles. The van der Waals surface area contributed by atoms with Gasteiger partial charge in [-0.1, -0.05) is 26.0 Å². The van der Waals surface area contributed by atoms with Gasteiger partial charge in [-0.15, -0.1) is 0 Å². The van der Waals surface area contributed by atoms with Gasteiger partial charge in [0.25, 0.3) is 0 Å². The van der Waals surface area contributed by atoms with Gasteiger partial charge in [0.05, 0.1) is 10.4 Å². The first-order valence-corrected chi connectivity index (χ1v) is 5.41. The monoisotopic (exact) mass is 274 g/mol. The maximum Gasteiger partial charge on any atom is 0.311 e. The molecule has 0 aliphatic rings. The van der Waals surface area contributed by atoms with Crippen LogP contribution in [-0.4, -0.2) is 11.1 Å². The number of hydrogen-bond acceptors (Lipinski definition) is 1. The third-order valence-corrected chi connectivity index (χ3v) is 2.86. The fourth-order valence-electron chi connectivity index (χ4n) is 1.54.